The van der Waals surface area contributed by atoms with Crippen molar-refractivity contribution in [2.45, 2.75) is 46.0 Å². The number of hydrogen-bond acceptors (Lipinski definition) is 0. The van der Waals surface area contributed by atoms with Crippen LogP contribution in [0.25, 0.3) is 6.08 Å². The van der Waals surface area contributed by atoms with Crippen LogP contribution in [0.15, 0.2) is 18.2 Å². The SMILES string of the molecule is CC(C)(C)C1C=Cc2cc3c(cc21)CCC3. The molecular weight excluding hydrogens is 192 g/mol. The summed E-state index contributed by atoms with van der Waals surface area (Å²) in [7, 11) is 0. The summed E-state index contributed by atoms with van der Waals surface area (Å²) in [5.74, 6) is 0.605. The second kappa shape index (κ2) is 3.23. The van der Waals surface area contributed by atoms with Gasteiger partial charge in [-0.2, -0.15) is 0 Å². The van der Waals surface area contributed by atoms with Crippen molar-refractivity contribution >= 4 is 6.08 Å². The summed E-state index contributed by atoms with van der Waals surface area (Å²) in [6.45, 7) is 7.01. The number of fused-ring (bicyclic) bond motifs is 2. The third-order valence-corrected chi connectivity index (χ3v) is 4.03. The Bertz CT molecular complexity index is 458. The van der Waals surface area contributed by atoms with Gasteiger partial charge in [-0.15, -0.1) is 0 Å². The van der Waals surface area contributed by atoms with Gasteiger partial charge in [0.2, 0.25) is 0 Å². The van der Waals surface area contributed by atoms with Crippen molar-refractivity contribution in [3.8, 4) is 0 Å². The highest BCUT2D eigenvalue weighted by molar-refractivity contribution is 5.65. The number of rotatable bonds is 0. The molecule has 0 aromatic heterocycles. The molecule has 0 saturated heterocycles. The number of allylic oxidation sites excluding steroid dienone is 1. The standard InChI is InChI=1S/C16H20/c1-16(2,3)15-8-7-13-9-11-5-4-6-12(11)10-14(13)15/h7-10,15H,4-6H2,1-3H3. The Balaban J connectivity index is 2.10. The molecule has 0 N–H and O–H groups in total. The monoisotopic (exact) mass is 212 g/mol. The summed E-state index contributed by atoms with van der Waals surface area (Å²) >= 11 is 0. The lowest BCUT2D eigenvalue weighted by Crippen LogP contribution is -2.15. The summed E-state index contributed by atoms with van der Waals surface area (Å²) in [6, 6.07) is 4.91. The van der Waals surface area contributed by atoms with Crippen molar-refractivity contribution in [2.24, 2.45) is 5.41 Å². The maximum atomic E-state index is 2.48. The zero-order valence-electron chi connectivity index (χ0n) is 10.5. The second-order valence-corrected chi connectivity index (χ2v) is 6.31. The summed E-state index contributed by atoms with van der Waals surface area (Å²) in [5, 5.41) is 0. The molecule has 1 atom stereocenters. The molecule has 1 aromatic rings. The summed E-state index contributed by atoms with van der Waals surface area (Å²) in [6.07, 6.45) is 8.64. The number of hydrogen-bond donors (Lipinski definition) is 0. The quantitative estimate of drug-likeness (QED) is 0.600. The van der Waals surface area contributed by atoms with Gasteiger partial charge in [0.25, 0.3) is 0 Å². The van der Waals surface area contributed by atoms with Crippen molar-refractivity contribution in [3.05, 3.63) is 40.5 Å². The summed E-state index contributed by atoms with van der Waals surface area (Å²) in [5.41, 5.74) is 6.58. The van der Waals surface area contributed by atoms with Crippen LogP contribution < -0.4 is 0 Å². The molecule has 16 heavy (non-hydrogen) atoms. The Morgan fingerprint density at radius 2 is 1.75 bits per heavy atom. The highest BCUT2D eigenvalue weighted by atomic mass is 14.3. The molecule has 0 spiro atoms. The number of aryl methyl sites for hydroxylation is 2. The van der Waals surface area contributed by atoms with Crippen LogP contribution >= 0.6 is 0 Å². The maximum absolute atomic E-state index is 2.48. The third kappa shape index (κ3) is 1.43. The van der Waals surface area contributed by atoms with Crippen LogP contribution in [0.5, 0.6) is 0 Å². The van der Waals surface area contributed by atoms with Crippen LogP contribution in [-0.4, -0.2) is 0 Å². The maximum Gasteiger partial charge on any atom is 0.00759 e. The molecule has 0 amide bonds. The molecule has 0 fully saturated rings. The predicted octanol–water partition coefficient (Wildman–Crippen LogP) is 4.33. The lowest BCUT2D eigenvalue weighted by Gasteiger charge is -2.27. The Morgan fingerprint density at radius 3 is 2.44 bits per heavy atom. The lowest BCUT2D eigenvalue weighted by atomic mass is 9.77. The first-order valence-electron chi connectivity index (χ1n) is 6.39. The summed E-state index contributed by atoms with van der Waals surface area (Å²) < 4.78 is 0. The topological polar surface area (TPSA) is 0 Å². The molecule has 0 heterocycles. The van der Waals surface area contributed by atoms with Gasteiger partial charge in [0.1, 0.15) is 0 Å². The Labute approximate surface area is 98.4 Å². The molecule has 0 saturated carbocycles. The van der Waals surface area contributed by atoms with Gasteiger partial charge in [0.15, 0.2) is 0 Å². The first kappa shape index (κ1) is 10.1. The molecule has 0 nitrogen and oxygen atoms in total. The molecule has 0 aliphatic heterocycles. The Morgan fingerprint density at radius 1 is 1.06 bits per heavy atom. The average molecular weight is 212 g/mol. The summed E-state index contributed by atoms with van der Waals surface area (Å²) in [4.78, 5) is 0. The molecule has 0 bridgehead atoms. The highest BCUT2D eigenvalue weighted by Gasteiger charge is 2.29. The minimum atomic E-state index is 0.342. The number of benzene rings is 1. The van der Waals surface area contributed by atoms with Crippen LogP contribution in [0, 0.1) is 5.41 Å². The normalized spacial score (nSPS) is 22.3. The first-order chi connectivity index (χ1) is 7.55. The molecule has 84 valence electrons. The zero-order chi connectivity index (χ0) is 11.3. The lowest BCUT2D eigenvalue weighted by molar-refractivity contribution is 0.370. The zero-order valence-corrected chi connectivity index (χ0v) is 10.5. The van der Waals surface area contributed by atoms with Crippen molar-refractivity contribution in [3.63, 3.8) is 0 Å². The molecule has 2 aliphatic carbocycles. The third-order valence-electron chi connectivity index (χ3n) is 4.03. The van der Waals surface area contributed by atoms with E-state index >= 15 is 0 Å². The smallest absolute Gasteiger partial charge is 0.00759 e. The van der Waals surface area contributed by atoms with E-state index in [0.717, 1.165) is 0 Å². The molecule has 0 radical (unpaired) electrons. The molecule has 1 unspecified atom stereocenters. The van der Waals surface area contributed by atoms with Crippen LogP contribution in [0.3, 0.4) is 0 Å². The van der Waals surface area contributed by atoms with Crippen LogP contribution in [-0.2, 0) is 12.8 Å². The van der Waals surface area contributed by atoms with Gasteiger partial charge in [-0.25, -0.2) is 0 Å². The van der Waals surface area contributed by atoms with Crippen molar-refractivity contribution in [1.82, 2.24) is 0 Å². The van der Waals surface area contributed by atoms with E-state index in [-0.39, 0.29) is 0 Å². The van der Waals surface area contributed by atoms with E-state index in [0.29, 0.717) is 11.3 Å². The van der Waals surface area contributed by atoms with Gasteiger partial charge < -0.3 is 0 Å². The van der Waals surface area contributed by atoms with Gasteiger partial charge >= 0.3 is 0 Å². The fraction of sp³-hybridized carbons (Fsp3) is 0.500. The van der Waals surface area contributed by atoms with E-state index in [1.54, 1.807) is 16.7 Å². The van der Waals surface area contributed by atoms with Gasteiger partial charge in [-0.3, -0.25) is 0 Å². The molecule has 2 aliphatic rings. The molecular formula is C16H20. The van der Waals surface area contributed by atoms with E-state index in [1.807, 2.05) is 0 Å². The minimum Gasteiger partial charge on any atom is -0.0759 e. The second-order valence-electron chi connectivity index (χ2n) is 6.31. The molecule has 1 aromatic carbocycles. The van der Waals surface area contributed by atoms with Gasteiger partial charge in [-0.1, -0.05) is 45.1 Å². The van der Waals surface area contributed by atoms with E-state index in [4.69, 9.17) is 0 Å². The van der Waals surface area contributed by atoms with Crippen molar-refractivity contribution in [1.29, 1.82) is 0 Å². The molecule has 3 rings (SSSR count). The first-order valence-corrected chi connectivity index (χ1v) is 6.39. The van der Waals surface area contributed by atoms with Gasteiger partial charge in [0.05, 0.1) is 0 Å². The van der Waals surface area contributed by atoms with Crippen molar-refractivity contribution < 1.29 is 0 Å². The van der Waals surface area contributed by atoms with Gasteiger partial charge in [-0.05, 0) is 46.9 Å². The van der Waals surface area contributed by atoms with Crippen LogP contribution in [0.2, 0.25) is 0 Å². The van der Waals surface area contributed by atoms with Gasteiger partial charge in [0, 0.05) is 5.92 Å². The van der Waals surface area contributed by atoms with E-state index in [2.05, 4.69) is 45.1 Å². The largest absolute Gasteiger partial charge is 0.0759 e. The van der Waals surface area contributed by atoms with Crippen LogP contribution in [0.4, 0.5) is 0 Å². The fourth-order valence-electron chi connectivity index (χ4n) is 3.13. The average Bonchev–Trinajstić information content (AvgIpc) is 2.76. The van der Waals surface area contributed by atoms with E-state index in [9.17, 15) is 0 Å². The molecule has 0 heteroatoms. The van der Waals surface area contributed by atoms with Crippen LogP contribution in [0.1, 0.15) is 55.4 Å². The minimum absolute atomic E-state index is 0.342. The highest BCUT2D eigenvalue weighted by Crippen LogP contribution is 2.44. The van der Waals surface area contributed by atoms with E-state index < -0.39 is 0 Å². The van der Waals surface area contributed by atoms with Crippen molar-refractivity contribution in [2.75, 3.05) is 0 Å². The predicted molar refractivity (Wildman–Crippen MR) is 69.7 cm³/mol. The Hall–Kier alpha value is -1.04. The fourth-order valence-corrected chi connectivity index (χ4v) is 3.13. The van der Waals surface area contributed by atoms with E-state index in [1.165, 1.54) is 24.8 Å². The Kier molecular flexibility index (Phi) is 2.04.